The van der Waals surface area contributed by atoms with Crippen LogP contribution < -0.4 is 16.8 Å². The molecule has 2 aliphatic carbocycles. The average molecular weight is 574 g/mol. The molecule has 2 atom stereocenters. The second kappa shape index (κ2) is 24.1. The van der Waals surface area contributed by atoms with E-state index in [4.69, 9.17) is 9.79 Å². The molecule has 5 N–H and O–H groups in total. The Morgan fingerprint density at radius 2 is 1.76 bits per heavy atom. The van der Waals surface area contributed by atoms with Gasteiger partial charge in [0.1, 0.15) is 6.29 Å². The standard InChI is InChI=1S/C22H38N2.C8H13NO.C2H5NO.CH3NO/c1-5-19-12-14-22(17(2)15-19)24-18(3)11-13-21(16-23-4)20-9-7-6-8-10-20;1-8(7-10)6-9-4-2-3-5-9;1-2(3)4;2-1-3/h12,14,19-21,23H,5-11,13,15-16H2,1-4H3;7H,1-6H2;1H3,(H2,3,4);1H,(H2,2,3). The molecule has 0 aromatic heterocycles. The molecule has 1 heterocycles. The second-order valence-corrected chi connectivity index (χ2v) is 11.5. The fourth-order valence-corrected chi connectivity index (χ4v) is 5.64. The molecule has 1 saturated heterocycles. The first-order valence-electron chi connectivity index (χ1n) is 15.4. The van der Waals surface area contributed by atoms with E-state index in [2.05, 4.69) is 68.2 Å². The molecule has 234 valence electrons. The van der Waals surface area contributed by atoms with E-state index in [1.807, 2.05) is 0 Å². The maximum atomic E-state index is 10.2. The zero-order valence-corrected chi connectivity index (χ0v) is 26.6. The number of hydrogen-bond acceptors (Lipinski definition) is 6. The van der Waals surface area contributed by atoms with Crippen LogP contribution in [0.15, 0.2) is 40.6 Å². The van der Waals surface area contributed by atoms with Crippen LogP contribution in [0.1, 0.15) is 98.3 Å². The van der Waals surface area contributed by atoms with Crippen molar-refractivity contribution < 1.29 is 14.4 Å². The maximum absolute atomic E-state index is 10.2. The number of nitrogens with one attached hydrogen (secondary N) is 1. The minimum absolute atomic E-state index is 0.250. The molecular formula is C33H59N5O3. The first-order chi connectivity index (χ1) is 19.6. The number of hydrogen-bond donors (Lipinski definition) is 3. The third-order valence-electron chi connectivity index (χ3n) is 7.82. The van der Waals surface area contributed by atoms with Crippen molar-refractivity contribution in [2.45, 2.75) is 98.3 Å². The summed E-state index contributed by atoms with van der Waals surface area (Å²) in [5.41, 5.74) is 13.3. The third-order valence-corrected chi connectivity index (χ3v) is 7.82. The molecule has 8 heteroatoms. The average Bonchev–Trinajstić information content (AvgIpc) is 3.46. The van der Waals surface area contributed by atoms with E-state index in [1.165, 1.54) is 88.1 Å². The number of carbonyl (C=O) groups excluding carboxylic acids is 3. The molecule has 41 heavy (non-hydrogen) atoms. The van der Waals surface area contributed by atoms with Crippen LogP contribution in [-0.4, -0.2) is 62.4 Å². The van der Waals surface area contributed by atoms with Crippen molar-refractivity contribution in [1.82, 2.24) is 10.2 Å². The van der Waals surface area contributed by atoms with Crippen molar-refractivity contribution in [3.8, 4) is 0 Å². The van der Waals surface area contributed by atoms with Crippen LogP contribution in [0.5, 0.6) is 0 Å². The van der Waals surface area contributed by atoms with Gasteiger partial charge >= 0.3 is 0 Å². The number of nitrogens with two attached hydrogens (primary N) is 2. The fourth-order valence-electron chi connectivity index (χ4n) is 5.64. The van der Waals surface area contributed by atoms with Crippen molar-refractivity contribution in [3.63, 3.8) is 0 Å². The van der Waals surface area contributed by atoms with Gasteiger partial charge in [0.05, 0.1) is 5.70 Å². The summed E-state index contributed by atoms with van der Waals surface area (Å²) < 4.78 is 0. The zero-order chi connectivity index (χ0) is 31.0. The second-order valence-electron chi connectivity index (χ2n) is 11.5. The molecule has 3 aliphatic rings. The van der Waals surface area contributed by atoms with Crippen LogP contribution >= 0.6 is 0 Å². The molecule has 0 spiro atoms. The maximum Gasteiger partial charge on any atom is 0.214 e. The van der Waals surface area contributed by atoms with Gasteiger partial charge in [-0.3, -0.25) is 24.3 Å². The van der Waals surface area contributed by atoms with Gasteiger partial charge in [-0.25, -0.2) is 0 Å². The monoisotopic (exact) mass is 573 g/mol. The Bertz CT molecular complexity index is 849. The predicted molar refractivity (Wildman–Crippen MR) is 173 cm³/mol. The highest BCUT2D eigenvalue weighted by molar-refractivity contribution is 5.83. The number of allylic oxidation sites excluding steroid dienone is 3. The Balaban J connectivity index is 0.000000771. The van der Waals surface area contributed by atoms with E-state index < -0.39 is 0 Å². The highest BCUT2D eigenvalue weighted by atomic mass is 16.1. The predicted octanol–water partition coefficient (Wildman–Crippen LogP) is 5.33. The number of nitrogens with zero attached hydrogens (tertiary/aromatic N) is 2. The number of primary amides is 2. The number of carbonyl (C=O) groups is 3. The van der Waals surface area contributed by atoms with Crippen LogP contribution in [0.2, 0.25) is 0 Å². The Morgan fingerprint density at radius 3 is 2.24 bits per heavy atom. The molecule has 2 amide bonds. The summed E-state index contributed by atoms with van der Waals surface area (Å²) in [7, 11) is 2.10. The van der Waals surface area contributed by atoms with E-state index in [1.54, 1.807) is 0 Å². The summed E-state index contributed by atoms with van der Waals surface area (Å²) in [6, 6.07) is 0. The zero-order valence-electron chi connectivity index (χ0n) is 26.6. The topological polar surface area (TPSA) is 131 Å². The number of rotatable bonds is 11. The number of amides is 2. The highest BCUT2D eigenvalue weighted by Crippen LogP contribution is 2.32. The molecule has 0 aromatic rings. The fraction of sp³-hybridized carbons (Fsp3) is 0.697. The molecule has 1 aliphatic heterocycles. The largest absolute Gasteiger partial charge is 0.372 e. The molecule has 0 aromatic carbocycles. The lowest BCUT2D eigenvalue weighted by atomic mass is 9.78. The normalized spacial score (nSPS) is 19.9. The van der Waals surface area contributed by atoms with E-state index in [9.17, 15) is 9.59 Å². The minimum Gasteiger partial charge on any atom is -0.372 e. The highest BCUT2D eigenvalue weighted by Gasteiger charge is 2.23. The Morgan fingerprint density at radius 1 is 1.17 bits per heavy atom. The van der Waals surface area contributed by atoms with E-state index in [-0.39, 0.29) is 12.3 Å². The Labute approximate surface area is 250 Å². The van der Waals surface area contributed by atoms with Gasteiger partial charge in [0.2, 0.25) is 12.3 Å². The summed E-state index contributed by atoms with van der Waals surface area (Å²) in [5.74, 6) is 2.14. The summed E-state index contributed by atoms with van der Waals surface area (Å²) in [5, 5.41) is 3.43. The minimum atomic E-state index is -0.333. The van der Waals surface area contributed by atoms with Gasteiger partial charge in [-0.05, 0) is 114 Å². The summed E-state index contributed by atoms with van der Waals surface area (Å²) in [6.45, 7) is 15.9. The van der Waals surface area contributed by atoms with Gasteiger partial charge in [0.15, 0.2) is 0 Å². The molecule has 0 radical (unpaired) electrons. The molecule has 0 bridgehead atoms. The quantitative estimate of drug-likeness (QED) is 0.175. The summed E-state index contributed by atoms with van der Waals surface area (Å²) >= 11 is 0. The lowest BCUT2D eigenvalue weighted by Gasteiger charge is -2.30. The number of aliphatic imine (C=N–C) groups is 1. The van der Waals surface area contributed by atoms with E-state index in [0.717, 1.165) is 56.6 Å². The van der Waals surface area contributed by atoms with Crippen molar-refractivity contribution in [2.24, 2.45) is 34.2 Å². The van der Waals surface area contributed by atoms with Crippen molar-refractivity contribution >= 4 is 24.3 Å². The van der Waals surface area contributed by atoms with Gasteiger partial charge in [-0.1, -0.05) is 51.7 Å². The van der Waals surface area contributed by atoms with E-state index >= 15 is 0 Å². The van der Waals surface area contributed by atoms with E-state index in [0.29, 0.717) is 5.57 Å². The van der Waals surface area contributed by atoms with Crippen LogP contribution in [0.3, 0.4) is 0 Å². The lowest BCUT2D eigenvalue weighted by Crippen LogP contribution is -2.28. The summed E-state index contributed by atoms with van der Waals surface area (Å²) in [4.78, 5) is 35.2. The molecular weight excluding hydrogens is 514 g/mol. The first-order valence-corrected chi connectivity index (χ1v) is 15.4. The third kappa shape index (κ3) is 19.2. The molecule has 3 rings (SSSR count). The van der Waals surface area contributed by atoms with Gasteiger partial charge < -0.3 is 16.8 Å². The smallest absolute Gasteiger partial charge is 0.214 e. The molecule has 2 fully saturated rings. The van der Waals surface area contributed by atoms with Crippen molar-refractivity contribution in [1.29, 1.82) is 0 Å². The molecule has 8 nitrogen and oxygen atoms in total. The Hall–Kier alpha value is -2.58. The van der Waals surface area contributed by atoms with Gasteiger partial charge in [0, 0.05) is 19.2 Å². The number of aldehydes is 1. The van der Waals surface area contributed by atoms with Crippen LogP contribution in [0.25, 0.3) is 0 Å². The van der Waals surface area contributed by atoms with Crippen LogP contribution in [0, 0.1) is 17.8 Å². The SMILES string of the molecule is C=C(C=O)CN1CCCC1.CC(N)=O.CCC1C=CC(N=C(C)CCC(CNC)C2CCCCC2)=C(C)C1.NC=O. The first kappa shape index (κ1) is 38.4. The number of likely N-dealkylation sites (tertiary alicyclic amines) is 1. The molecule has 2 unspecified atom stereocenters. The van der Waals surface area contributed by atoms with Crippen molar-refractivity contribution in [3.05, 3.63) is 35.6 Å². The lowest BCUT2D eigenvalue weighted by molar-refractivity contribution is -0.116. The van der Waals surface area contributed by atoms with Gasteiger partial charge in [-0.2, -0.15) is 0 Å². The molecule has 1 saturated carbocycles. The van der Waals surface area contributed by atoms with Gasteiger partial charge in [0.25, 0.3) is 0 Å². The Kier molecular flexibility index (Phi) is 22.5. The van der Waals surface area contributed by atoms with Gasteiger partial charge in [-0.15, -0.1) is 0 Å². The van der Waals surface area contributed by atoms with Crippen LogP contribution in [-0.2, 0) is 14.4 Å². The van der Waals surface area contributed by atoms with Crippen LogP contribution in [0.4, 0.5) is 0 Å². The van der Waals surface area contributed by atoms with Crippen molar-refractivity contribution in [2.75, 3.05) is 33.2 Å². The summed E-state index contributed by atoms with van der Waals surface area (Å²) in [6.07, 6.45) is 20.3.